The molecule has 1 rings (SSSR count). The van der Waals surface area contributed by atoms with Gasteiger partial charge in [0.05, 0.1) is 0 Å². The normalized spacial score (nSPS) is 22.5. The molecule has 1 aliphatic rings. The van der Waals surface area contributed by atoms with Crippen LogP contribution in [0, 0.1) is 5.92 Å². The molecule has 1 N–H and O–H groups in total. The first-order valence-electron chi connectivity index (χ1n) is 7.20. The van der Waals surface area contributed by atoms with Crippen LogP contribution < -0.4 is 0 Å². The Kier molecular flexibility index (Phi) is 6.38. The Labute approximate surface area is 105 Å². The summed E-state index contributed by atoms with van der Waals surface area (Å²) in [5.74, 6) is 0.568. The molecule has 0 bridgehead atoms. The molecule has 1 saturated heterocycles. The molecule has 1 amide bonds. The van der Waals surface area contributed by atoms with E-state index in [9.17, 15) is 9.90 Å². The highest BCUT2D eigenvalue weighted by Gasteiger charge is 2.31. The van der Waals surface area contributed by atoms with Gasteiger partial charge in [-0.3, -0.25) is 0 Å². The van der Waals surface area contributed by atoms with Gasteiger partial charge in [-0.25, -0.2) is 4.79 Å². The molecule has 0 aromatic carbocycles. The summed E-state index contributed by atoms with van der Waals surface area (Å²) in [6.45, 7) is 5.15. The van der Waals surface area contributed by atoms with Gasteiger partial charge in [-0.15, -0.1) is 0 Å². The number of hydrogen-bond donors (Lipinski definition) is 1. The van der Waals surface area contributed by atoms with Gasteiger partial charge in [0, 0.05) is 12.6 Å². The van der Waals surface area contributed by atoms with Crippen LogP contribution in [0.5, 0.6) is 0 Å². The first-order valence-corrected chi connectivity index (χ1v) is 7.20. The van der Waals surface area contributed by atoms with E-state index in [-0.39, 0.29) is 6.04 Å². The van der Waals surface area contributed by atoms with Crippen molar-refractivity contribution in [1.82, 2.24) is 4.90 Å². The van der Waals surface area contributed by atoms with Crippen LogP contribution in [0.15, 0.2) is 0 Å². The molecular weight excluding hydrogens is 214 g/mol. The van der Waals surface area contributed by atoms with Crippen LogP contribution in [0.4, 0.5) is 4.79 Å². The molecule has 1 fully saturated rings. The Morgan fingerprint density at radius 3 is 2.71 bits per heavy atom. The average Bonchev–Trinajstić information content (AvgIpc) is 2.35. The summed E-state index contributed by atoms with van der Waals surface area (Å²) in [5.41, 5.74) is 0. The van der Waals surface area contributed by atoms with Gasteiger partial charge in [-0.05, 0) is 31.6 Å². The standard InChI is InChI=1S/C14H27NO2/c1-3-5-6-9-12(4-2)13-10-7-8-11-15(13)14(16)17/h12-13H,3-11H2,1-2H3,(H,16,17). The van der Waals surface area contributed by atoms with E-state index in [1.807, 2.05) is 0 Å². The van der Waals surface area contributed by atoms with Crippen molar-refractivity contribution in [3.63, 3.8) is 0 Å². The van der Waals surface area contributed by atoms with Crippen molar-refractivity contribution in [1.29, 1.82) is 0 Å². The number of unbranched alkanes of at least 4 members (excludes halogenated alkanes) is 2. The molecule has 0 spiro atoms. The summed E-state index contributed by atoms with van der Waals surface area (Å²) in [6, 6.07) is 0.281. The maximum absolute atomic E-state index is 11.2. The van der Waals surface area contributed by atoms with Crippen molar-refractivity contribution in [2.75, 3.05) is 6.54 Å². The van der Waals surface area contributed by atoms with Crippen LogP contribution in [0.1, 0.15) is 65.2 Å². The van der Waals surface area contributed by atoms with Crippen molar-refractivity contribution >= 4 is 6.09 Å². The SMILES string of the molecule is CCCCCC(CC)C1CCCCN1C(=O)O. The first-order chi connectivity index (χ1) is 8.20. The Morgan fingerprint density at radius 2 is 2.12 bits per heavy atom. The van der Waals surface area contributed by atoms with Gasteiger partial charge in [0.15, 0.2) is 0 Å². The van der Waals surface area contributed by atoms with Gasteiger partial charge >= 0.3 is 6.09 Å². The summed E-state index contributed by atoms with van der Waals surface area (Å²) in [5, 5.41) is 9.25. The quantitative estimate of drug-likeness (QED) is 0.710. The third-order valence-electron chi connectivity index (χ3n) is 4.04. The van der Waals surface area contributed by atoms with Crippen LogP contribution in [0.25, 0.3) is 0 Å². The first kappa shape index (κ1) is 14.3. The second-order valence-electron chi connectivity index (χ2n) is 5.20. The van der Waals surface area contributed by atoms with E-state index in [2.05, 4.69) is 13.8 Å². The molecule has 0 saturated carbocycles. The molecule has 2 unspecified atom stereocenters. The lowest BCUT2D eigenvalue weighted by Crippen LogP contribution is -2.46. The van der Waals surface area contributed by atoms with Gasteiger partial charge in [0.1, 0.15) is 0 Å². The molecule has 0 aromatic heterocycles. The lowest BCUT2D eigenvalue weighted by atomic mass is 9.85. The number of carbonyl (C=O) groups is 1. The monoisotopic (exact) mass is 241 g/mol. The Morgan fingerprint density at radius 1 is 1.35 bits per heavy atom. The number of likely N-dealkylation sites (tertiary alicyclic amines) is 1. The van der Waals surface area contributed by atoms with E-state index in [0.717, 1.165) is 25.8 Å². The lowest BCUT2D eigenvalue weighted by molar-refractivity contribution is 0.0781. The van der Waals surface area contributed by atoms with Gasteiger partial charge in [-0.1, -0.05) is 39.5 Å². The number of rotatable bonds is 6. The van der Waals surface area contributed by atoms with Crippen LogP contribution in [0.3, 0.4) is 0 Å². The molecule has 1 aliphatic heterocycles. The Hall–Kier alpha value is -0.730. The fourth-order valence-electron chi connectivity index (χ4n) is 3.01. The molecule has 3 nitrogen and oxygen atoms in total. The van der Waals surface area contributed by atoms with E-state index < -0.39 is 6.09 Å². The van der Waals surface area contributed by atoms with Crippen molar-refractivity contribution < 1.29 is 9.90 Å². The zero-order valence-electron chi connectivity index (χ0n) is 11.3. The second kappa shape index (κ2) is 7.57. The van der Waals surface area contributed by atoms with E-state index in [4.69, 9.17) is 0 Å². The van der Waals surface area contributed by atoms with Gasteiger partial charge in [-0.2, -0.15) is 0 Å². The summed E-state index contributed by atoms with van der Waals surface area (Å²) in [7, 11) is 0. The van der Waals surface area contributed by atoms with Crippen LogP contribution in [-0.2, 0) is 0 Å². The van der Waals surface area contributed by atoms with Gasteiger partial charge in [0.2, 0.25) is 0 Å². The van der Waals surface area contributed by atoms with Crippen LogP contribution in [0.2, 0.25) is 0 Å². The zero-order valence-corrected chi connectivity index (χ0v) is 11.3. The molecule has 0 aromatic rings. The predicted octanol–water partition coefficient (Wildman–Crippen LogP) is 4.13. The smallest absolute Gasteiger partial charge is 0.407 e. The Balaban J connectivity index is 2.54. The predicted molar refractivity (Wildman–Crippen MR) is 70.3 cm³/mol. The fourth-order valence-corrected chi connectivity index (χ4v) is 3.01. The van der Waals surface area contributed by atoms with Crippen LogP contribution >= 0.6 is 0 Å². The van der Waals surface area contributed by atoms with E-state index >= 15 is 0 Å². The van der Waals surface area contributed by atoms with Crippen molar-refractivity contribution in [2.45, 2.75) is 71.3 Å². The summed E-state index contributed by atoms with van der Waals surface area (Å²) in [6.07, 6.45) is 8.64. The summed E-state index contributed by atoms with van der Waals surface area (Å²) < 4.78 is 0. The average molecular weight is 241 g/mol. The fraction of sp³-hybridized carbons (Fsp3) is 0.929. The highest BCUT2D eigenvalue weighted by molar-refractivity contribution is 5.65. The van der Waals surface area contributed by atoms with E-state index in [1.165, 1.54) is 32.1 Å². The number of nitrogens with zero attached hydrogens (tertiary/aromatic N) is 1. The van der Waals surface area contributed by atoms with Crippen molar-refractivity contribution in [3.8, 4) is 0 Å². The minimum absolute atomic E-state index is 0.281. The molecule has 17 heavy (non-hydrogen) atoms. The number of hydrogen-bond acceptors (Lipinski definition) is 1. The van der Waals surface area contributed by atoms with E-state index in [1.54, 1.807) is 4.90 Å². The van der Waals surface area contributed by atoms with Crippen molar-refractivity contribution in [3.05, 3.63) is 0 Å². The third kappa shape index (κ3) is 4.21. The maximum Gasteiger partial charge on any atom is 0.407 e. The second-order valence-corrected chi connectivity index (χ2v) is 5.20. The molecule has 100 valence electrons. The topological polar surface area (TPSA) is 40.5 Å². The molecular formula is C14H27NO2. The maximum atomic E-state index is 11.2. The minimum Gasteiger partial charge on any atom is -0.465 e. The molecule has 0 radical (unpaired) electrons. The highest BCUT2D eigenvalue weighted by Crippen LogP contribution is 2.29. The number of piperidine rings is 1. The third-order valence-corrected chi connectivity index (χ3v) is 4.04. The van der Waals surface area contributed by atoms with Gasteiger partial charge in [0.25, 0.3) is 0 Å². The van der Waals surface area contributed by atoms with Crippen LogP contribution in [-0.4, -0.2) is 28.7 Å². The van der Waals surface area contributed by atoms with Crippen molar-refractivity contribution in [2.24, 2.45) is 5.92 Å². The number of carboxylic acid groups (broad SMARTS) is 1. The largest absolute Gasteiger partial charge is 0.465 e. The Bertz CT molecular complexity index is 230. The zero-order chi connectivity index (χ0) is 12.7. The van der Waals surface area contributed by atoms with E-state index in [0.29, 0.717) is 5.92 Å². The summed E-state index contributed by atoms with van der Waals surface area (Å²) >= 11 is 0. The lowest BCUT2D eigenvalue weighted by Gasteiger charge is -2.38. The molecule has 2 atom stereocenters. The minimum atomic E-state index is -0.719. The molecule has 1 heterocycles. The summed E-state index contributed by atoms with van der Waals surface area (Å²) in [4.78, 5) is 12.9. The highest BCUT2D eigenvalue weighted by atomic mass is 16.4. The molecule has 3 heteroatoms. The number of amides is 1. The molecule has 0 aliphatic carbocycles. The van der Waals surface area contributed by atoms with Gasteiger partial charge < -0.3 is 10.0 Å².